The summed E-state index contributed by atoms with van der Waals surface area (Å²) < 4.78 is 39.3. The molecule has 20 heavy (non-hydrogen) atoms. The van der Waals surface area contributed by atoms with Crippen LogP contribution in [0.1, 0.15) is 0 Å². The lowest BCUT2D eigenvalue weighted by molar-refractivity contribution is -0.113. The van der Waals surface area contributed by atoms with E-state index in [0.29, 0.717) is 4.90 Å². The quantitative estimate of drug-likeness (QED) is 0.869. The Hall–Kier alpha value is -1.95. The van der Waals surface area contributed by atoms with Gasteiger partial charge in [-0.3, -0.25) is 4.79 Å². The van der Waals surface area contributed by atoms with Crippen LogP contribution in [0.4, 0.5) is 18.9 Å². The van der Waals surface area contributed by atoms with Gasteiger partial charge >= 0.3 is 0 Å². The molecule has 2 rings (SSSR count). The van der Waals surface area contributed by atoms with Crippen LogP contribution >= 0.6 is 11.8 Å². The second-order valence-electron chi connectivity index (χ2n) is 3.89. The van der Waals surface area contributed by atoms with E-state index in [9.17, 15) is 18.0 Å². The first-order valence-electron chi connectivity index (χ1n) is 5.68. The van der Waals surface area contributed by atoms with Gasteiger partial charge in [-0.05, 0) is 36.4 Å². The summed E-state index contributed by atoms with van der Waals surface area (Å²) in [5.41, 5.74) is -0.461. The maximum absolute atomic E-state index is 13.3. The fourth-order valence-corrected chi connectivity index (χ4v) is 2.17. The summed E-state index contributed by atoms with van der Waals surface area (Å²) in [4.78, 5) is 12.3. The number of halogens is 3. The Morgan fingerprint density at radius 1 is 1.00 bits per heavy atom. The largest absolute Gasteiger partial charge is 0.320 e. The highest BCUT2D eigenvalue weighted by Crippen LogP contribution is 2.21. The van der Waals surface area contributed by atoms with Crippen molar-refractivity contribution in [3.8, 4) is 0 Å². The number of carbonyl (C=O) groups excluding carboxylic acids is 1. The highest BCUT2D eigenvalue weighted by Gasteiger charge is 2.11. The normalized spacial score (nSPS) is 10.3. The third kappa shape index (κ3) is 3.77. The van der Waals surface area contributed by atoms with E-state index in [1.54, 1.807) is 0 Å². The molecule has 2 nitrogen and oxygen atoms in total. The number of hydrogen-bond donors (Lipinski definition) is 1. The third-order valence-corrected chi connectivity index (χ3v) is 3.42. The number of nitrogens with one attached hydrogen (secondary N) is 1. The van der Waals surface area contributed by atoms with Gasteiger partial charge in [0, 0.05) is 4.90 Å². The van der Waals surface area contributed by atoms with Crippen molar-refractivity contribution in [2.45, 2.75) is 4.90 Å². The van der Waals surface area contributed by atoms with Gasteiger partial charge in [0.15, 0.2) is 0 Å². The maximum atomic E-state index is 13.3. The molecule has 0 aliphatic heterocycles. The van der Waals surface area contributed by atoms with Crippen LogP contribution in [0.25, 0.3) is 0 Å². The van der Waals surface area contributed by atoms with Gasteiger partial charge in [0.05, 0.1) is 5.75 Å². The molecule has 1 N–H and O–H groups in total. The fourth-order valence-electron chi connectivity index (χ4n) is 1.47. The van der Waals surface area contributed by atoms with Gasteiger partial charge in [0.2, 0.25) is 5.91 Å². The summed E-state index contributed by atoms with van der Waals surface area (Å²) in [6.45, 7) is 0. The van der Waals surface area contributed by atoms with Crippen LogP contribution in [0.15, 0.2) is 47.4 Å². The van der Waals surface area contributed by atoms with Gasteiger partial charge < -0.3 is 5.32 Å². The van der Waals surface area contributed by atoms with E-state index in [1.165, 1.54) is 30.3 Å². The molecule has 6 heteroatoms. The molecule has 0 atom stereocenters. The van der Waals surface area contributed by atoms with Crippen molar-refractivity contribution < 1.29 is 18.0 Å². The maximum Gasteiger partial charge on any atom is 0.234 e. The van der Waals surface area contributed by atoms with E-state index < -0.39 is 23.2 Å². The molecule has 104 valence electrons. The average Bonchev–Trinajstić information content (AvgIpc) is 2.42. The summed E-state index contributed by atoms with van der Waals surface area (Å²) >= 11 is 1.14. The zero-order chi connectivity index (χ0) is 14.5. The summed E-state index contributed by atoms with van der Waals surface area (Å²) in [6, 6.07) is 8.94. The lowest BCUT2D eigenvalue weighted by Gasteiger charge is -2.07. The highest BCUT2D eigenvalue weighted by molar-refractivity contribution is 8.00. The van der Waals surface area contributed by atoms with E-state index in [-0.39, 0.29) is 11.6 Å². The van der Waals surface area contributed by atoms with Crippen molar-refractivity contribution in [3.05, 3.63) is 59.9 Å². The molecule has 0 unspecified atom stereocenters. The molecule has 0 aliphatic rings. The number of para-hydroxylation sites is 1. The van der Waals surface area contributed by atoms with Crippen LogP contribution in [-0.4, -0.2) is 11.7 Å². The minimum Gasteiger partial charge on any atom is -0.320 e. The van der Waals surface area contributed by atoms with Crippen LogP contribution in [0.5, 0.6) is 0 Å². The zero-order valence-corrected chi connectivity index (χ0v) is 11.0. The number of hydrogen-bond acceptors (Lipinski definition) is 2. The second kappa shape index (κ2) is 6.47. The number of thioether (sulfide) groups is 1. The molecular formula is C14H10F3NOS. The summed E-state index contributed by atoms with van der Waals surface area (Å²) in [6.07, 6.45) is 0. The predicted octanol–water partition coefficient (Wildman–Crippen LogP) is 3.83. The molecule has 0 radical (unpaired) electrons. The number of amides is 1. The number of anilines is 1. The van der Waals surface area contributed by atoms with Crippen LogP contribution in [-0.2, 0) is 4.79 Å². The first-order chi connectivity index (χ1) is 9.56. The topological polar surface area (TPSA) is 29.1 Å². The van der Waals surface area contributed by atoms with Crippen molar-refractivity contribution >= 4 is 23.4 Å². The predicted molar refractivity (Wildman–Crippen MR) is 72.1 cm³/mol. The molecule has 0 aliphatic carbocycles. The van der Waals surface area contributed by atoms with Gasteiger partial charge in [0.25, 0.3) is 0 Å². The molecule has 0 heterocycles. The molecule has 0 aromatic heterocycles. The van der Waals surface area contributed by atoms with Crippen LogP contribution in [0, 0.1) is 17.5 Å². The number of rotatable bonds is 4. The molecule has 0 fully saturated rings. The number of benzene rings is 2. The first kappa shape index (κ1) is 14.5. The minimum atomic E-state index is -0.829. The second-order valence-corrected chi connectivity index (χ2v) is 4.94. The Morgan fingerprint density at radius 3 is 2.20 bits per heavy atom. The van der Waals surface area contributed by atoms with Gasteiger partial charge in [-0.25, -0.2) is 13.2 Å². The van der Waals surface area contributed by atoms with Crippen molar-refractivity contribution in [3.63, 3.8) is 0 Å². The summed E-state index contributed by atoms with van der Waals surface area (Å²) in [5, 5.41) is 2.18. The molecule has 2 aromatic rings. The van der Waals surface area contributed by atoms with Crippen LogP contribution in [0.3, 0.4) is 0 Å². The fraction of sp³-hybridized carbons (Fsp3) is 0.0714. The Labute approximate surface area is 118 Å². The first-order valence-corrected chi connectivity index (χ1v) is 6.67. The summed E-state index contributed by atoms with van der Waals surface area (Å²) in [5.74, 6) is -2.59. The average molecular weight is 297 g/mol. The van der Waals surface area contributed by atoms with E-state index >= 15 is 0 Å². The Morgan fingerprint density at radius 2 is 1.60 bits per heavy atom. The Balaban J connectivity index is 1.94. The van der Waals surface area contributed by atoms with E-state index in [2.05, 4.69) is 5.32 Å². The smallest absolute Gasteiger partial charge is 0.234 e. The van der Waals surface area contributed by atoms with Crippen molar-refractivity contribution in [1.82, 2.24) is 0 Å². The third-order valence-electron chi connectivity index (χ3n) is 2.41. The Kier molecular flexibility index (Phi) is 4.68. The molecule has 0 spiro atoms. The van der Waals surface area contributed by atoms with Gasteiger partial charge in [-0.2, -0.15) is 0 Å². The van der Waals surface area contributed by atoms with E-state index in [0.717, 1.165) is 23.9 Å². The standard InChI is InChI=1S/C14H10F3NOS/c15-9-4-6-10(7-5-9)20-8-13(19)18-14-11(16)2-1-3-12(14)17/h1-7H,8H2,(H,18,19). The van der Waals surface area contributed by atoms with Gasteiger partial charge in [-0.1, -0.05) is 6.07 Å². The number of carbonyl (C=O) groups is 1. The Bertz CT molecular complexity index is 596. The van der Waals surface area contributed by atoms with E-state index in [4.69, 9.17) is 0 Å². The van der Waals surface area contributed by atoms with Crippen molar-refractivity contribution in [1.29, 1.82) is 0 Å². The zero-order valence-electron chi connectivity index (χ0n) is 10.2. The van der Waals surface area contributed by atoms with E-state index in [1.807, 2.05) is 0 Å². The lowest BCUT2D eigenvalue weighted by atomic mass is 10.3. The molecular weight excluding hydrogens is 287 g/mol. The van der Waals surface area contributed by atoms with Crippen LogP contribution < -0.4 is 5.32 Å². The lowest BCUT2D eigenvalue weighted by Crippen LogP contribution is -2.16. The summed E-state index contributed by atoms with van der Waals surface area (Å²) in [7, 11) is 0. The SMILES string of the molecule is O=C(CSc1ccc(F)cc1)Nc1c(F)cccc1F. The van der Waals surface area contributed by atoms with Crippen molar-refractivity contribution in [2.75, 3.05) is 11.1 Å². The minimum absolute atomic E-state index is 0.0284. The highest BCUT2D eigenvalue weighted by atomic mass is 32.2. The molecule has 0 saturated carbocycles. The monoisotopic (exact) mass is 297 g/mol. The molecule has 2 aromatic carbocycles. The molecule has 0 saturated heterocycles. The van der Waals surface area contributed by atoms with Gasteiger partial charge in [-0.15, -0.1) is 11.8 Å². The molecule has 1 amide bonds. The van der Waals surface area contributed by atoms with Crippen molar-refractivity contribution in [2.24, 2.45) is 0 Å². The molecule has 0 bridgehead atoms. The van der Waals surface area contributed by atoms with Gasteiger partial charge in [0.1, 0.15) is 23.1 Å². The van der Waals surface area contributed by atoms with Crippen LogP contribution in [0.2, 0.25) is 0 Å².